The zero-order valence-electron chi connectivity index (χ0n) is 32.3. The predicted octanol–water partition coefficient (Wildman–Crippen LogP) is 7.43. The predicted molar refractivity (Wildman–Crippen MR) is 224 cm³/mol. The summed E-state index contributed by atoms with van der Waals surface area (Å²) < 4.78 is 3.46. The van der Waals surface area contributed by atoms with Gasteiger partial charge >= 0.3 is 0 Å². The molecule has 4 aromatic heterocycles. The Bertz CT molecular complexity index is 2660. The first-order valence-electron chi connectivity index (χ1n) is 19.3. The fraction of sp³-hybridized carbons (Fsp3) is 0.239. The van der Waals surface area contributed by atoms with Crippen LogP contribution in [0.5, 0.6) is 0 Å². The van der Waals surface area contributed by atoms with Gasteiger partial charge in [0.05, 0.1) is 17.9 Å². The highest BCUT2D eigenvalue weighted by Crippen LogP contribution is 2.32. The normalized spacial score (nSPS) is 15.6. The third-order valence-electron chi connectivity index (χ3n) is 11.0. The molecule has 1 unspecified atom stereocenters. The van der Waals surface area contributed by atoms with Gasteiger partial charge in [-0.05, 0) is 74.2 Å². The van der Waals surface area contributed by atoms with Crippen molar-refractivity contribution < 1.29 is 4.79 Å². The molecule has 11 heteroatoms. The van der Waals surface area contributed by atoms with Gasteiger partial charge in [-0.25, -0.2) is 9.97 Å². The Morgan fingerprint density at radius 2 is 1.28 bits per heavy atom. The minimum absolute atomic E-state index is 0.00312. The molecule has 0 fully saturated rings. The average Bonchev–Trinajstić information content (AvgIpc) is 3.24. The number of pyridine rings is 2. The second-order valence-corrected chi connectivity index (χ2v) is 15.2. The summed E-state index contributed by atoms with van der Waals surface area (Å²) >= 11 is 0. The van der Waals surface area contributed by atoms with E-state index in [1.165, 1.54) is 16.3 Å². The molecule has 0 bridgehead atoms. The van der Waals surface area contributed by atoms with Gasteiger partial charge in [0.2, 0.25) is 11.9 Å². The topological polar surface area (TPSA) is 119 Å². The van der Waals surface area contributed by atoms with E-state index in [4.69, 9.17) is 9.97 Å². The lowest BCUT2D eigenvalue weighted by molar-refractivity contribution is 0.0989. The van der Waals surface area contributed by atoms with Gasteiger partial charge in [0.15, 0.2) is 5.78 Å². The molecule has 0 N–H and O–H groups in total. The molecule has 0 saturated heterocycles. The lowest BCUT2D eigenvalue weighted by Crippen LogP contribution is -2.53. The number of anilines is 2. The van der Waals surface area contributed by atoms with E-state index in [0.717, 1.165) is 36.5 Å². The van der Waals surface area contributed by atoms with Crippen molar-refractivity contribution in [3.63, 3.8) is 0 Å². The molecule has 7 aromatic rings. The average molecular weight is 757 g/mol. The van der Waals surface area contributed by atoms with Crippen molar-refractivity contribution in [2.24, 2.45) is 0 Å². The summed E-state index contributed by atoms with van der Waals surface area (Å²) in [5.41, 5.74) is 4.52. The molecule has 0 amide bonds. The van der Waals surface area contributed by atoms with E-state index >= 15 is 0 Å². The maximum atomic E-state index is 12.9. The molecule has 286 valence electrons. The number of benzene rings is 3. The highest BCUT2D eigenvalue weighted by molar-refractivity contribution is 5.99. The van der Waals surface area contributed by atoms with E-state index in [2.05, 4.69) is 78.1 Å². The number of ketones is 1. The van der Waals surface area contributed by atoms with E-state index < -0.39 is 0 Å². The zero-order chi connectivity index (χ0) is 39.5. The maximum Gasteiger partial charge on any atom is 0.255 e. The molecule has 1 atom stereocenters. The van der Waals surface area contributed by atoms with Crippen LogP contribution in [0.3, 0.4) is 0 Å². The Balaban J connectivity index is 0.000000160. The number of hydrogen-bond donors (Lipinski definition) is 0. The van der Waals surface area contributed by atoms with E-state index in [-0.39, 0.29) is 29.0 Å². The number of carbonyl (C=O) groups excluding carboxylic acids is 1. The molecule has 2 aliphatic rings. The molecule has 0 spiro atoms. The fourth-order valence-corrected chi connectivity index (χ4v) is 7.62. The third kappa shape index (κ3) is 7.73. The van der Waals surface area contributed by atoms with Crippen molar-refractivity contribution in [2.75, 3.05) is 16.3 Å². The van der Waals surface area contributed by atoms with Crippen LogP contribution in [0.25, 0.3) is 33.3 Å². The molecular formula is C46H44N8O3. The maximum absolute atomic E-state index is 12.9. The van der Waals surface area contributed by atoms with E-state index in [1.807, 2.05) is 59.5 Å². The zero-order valence-corrected chi connectivity index (χ0v) is 32.3. The van der Waals surface area contributed by atoms with Crippen LogP contribution in [-0.4, -0.2) is 53.0 Å². The third-order valence-corrected chi connectivity index (χ3v) is 11.0. The van der Waals surface area contributed by atoms with Crippen LogP contribution in [0.4, 0.5) is 11.9 Å². The monoisotopic (exact) mass is 756 g/mol. The Morgan fingerprint density at radius 3 is 1.95 bits per heavy atom. The van der Waals surface area contributed by atoms with Gasteiger partial charge < -0.3 is 9.80 Å². The molecule has 0 aliphatic carbocycles. The van der Waals surface area contributed by atoms with Crippen LogP contribution in [-0.2, 0) is 19.6 Å². The minimum atomic E-state index is -0.291. The number of carbonyl (C=O) groups is 1. The lowest BCUT2D eigenvalue weighted by atomic mass is 9.95. The SMILES string of the molecule is CC1(C)CCn2c(nc(-c3ccncc3)cc2=O)N1CC(=O)c1ccccc1.CC1CCn2c(nc(-c3ccncc3)cc2=O)N1Cc1cccc2ccccc12. The first-order chi connectivity index (χ1) is 27.7. The number of rotatable bonds is 7. The van der Waals surface area contributed by atoms with Crippen molar-refractivity contribution in [1.82, 2.24) is 29.1 Å². The number of aromatic nitrogens is 6. The number of hydrogen-bond acceptors (Lipinski definition) is 9. The lowest BCUT2D eigenvalue weighted by Gasteiger charge is -2.44. The van der Waals surface area contributed by atoms with Gasteiger partial charge in [-0.15, -0.1) is 0 Å². The Labute approximate surface area is 331 Å². The summed E-state index contributed by atoms with van der Waals surface area (Å²) in [6.45, 7) is 8.55. The fourth-order valence-electron chi connectivity index (χ4n) is 7.62. The highest BCUT2D eigenvalue weighted by Gasteiger charge is 2.36. The van der Waals surface area contributed by atoms with E-state index in [9.17, 15) is 14.4 Å². The van der Waals surface area contributed by atoms with E-state index in [0.29, 0.717) is 42.0 Å². The number of Topliss-reactive ketones (excluding diaryl/α,β-unsaturated/α-hetero) is 1. The highest BCUT2D eigenvalue weighted by atomic mass is 16.1. The van der Waals surface area contributed by atoms with Crippen molar-refractivity contribution in [3.05, 3.63) is 166 Å². The largest absolute Gasteiger partial charge is 0.335 e. The second kappa shape index (κ2) is 15.8. The number of nitrogens with zero attached hydrogens (tertiary/aromatic N) is 8. The molecule has 3 aromatic carbocycles. The first-order valence-corrected chi connectivity index (χ1v) is 19.3. The van der Waals surface area contributed by atoms with Crippen molar-refractivity contribution in [2.45, 2.75) is 64.8 Å². The van der Waals surface area contributed by atoms with Gasteiger partial charge in [-0.1, -0.05) is 72.8 Å². The molecule has 57 heavy (non-hydrogen) atoms. The molecular weight excluding hydrogens is 713 g/mol. The molecule has 11 nitrogen and oxygen atoms in total. The molecule has 2 aliphatic heterocycles. The van der Waals surface area contributed by atoms with Crippen LogP contribution in [0.15, 0.2) is 144 Å². The Hall–Kier alpha value is -6.75. The van der Waals surface area contributed by atoms with Crippen molar-refractivity contribution >= 4 is 28.5 Å². The van der Waals surface area contributed by atoms with Gasteiger partial charge in [0, 0.05) is 84.8 Å². The summed E-state index contributed by atoms with van der Waals surface area (Å²) in [6.07, 6.45) is 8.49. The summed E-state index contributed by atoms with van der Waals surface area (Å²) in [7, 11) is 0. The van der Waals surface area contributed by atoms with Gasteiger partial charge in [-0.3, -0.25) is 33.5 Å². The summed E-state index contributed by atoms with van der Waals surface area (Å²) in [5, 5.41) is 2.47. The standard InChI is InChI=1S/C24H22N4O.C22H22N4O2/c1-17-11-14-27-23(29)15-22(19-9-12-25-13-10-19)26-24(27)28(17)16-20-7-4-6-18-5-2-3-8-21(18)20;1-22(2)10-13-25-20(28)14-18(16-8-11-23-12-9-16)24-21(25)26(22)15-19(27)17-6-4-3-5-7-17/h2-10,12-13,15,17H,11,14,16H2,1H3;3-9,11-12,14H,10,13,15H2,1-2H3. The molecule has 0 radical (unpaired) electrons. The molecule has 9 rings (SSSR count). The van der Waals surface area contributed by atoms with Crippen molar-refractivity contribution in [3.8, 4) is 22.5 Å². The van der Waals surface area contributed by atoms with Crippen LogP contribution in [0.2, 0.25) is 0 Å². The second-order valence-electron chi connectivity index (χ2n) is 15.2. The van der Waals surface area contributed by atoms with Crippen molar-refractivity contribution in [1.29, 1.82) is 0 Å². The first kappa shape index (κ1) is 37.2. The summed E-state index contributed by atoms with van der Waals surface area (Å²) in [4.78, 5) is 60.5. The summed E-state index contributed by atoms with van der Waals surface area (Å²) in [5.74, 6) is 1.29. The molecule has 6 heterocycles. The van der Waals surface area contributed by atoms with Crippen LogP contribution in [0.1, 0.15) is 49.5 Å². The van der Waals surface area contributed by atoms with E-state index in [1.54, 1.807) is 46.1 Å². The summed E-state index contributed by atoms with van der Waals surface area (Å²) in [6, 6.07) is 35.0. The van der Waals surface area contributed by atoms with Crippen LogP contribution >= 0.6 is 0 Å². The van der Waals surface area contributed by atoms with Crippen LogP contribution < -0.4 is 20.9 Å². The smallest absolute Gasteiger partial charge is 0.255 e. The van der Waals surface area contributed by atoms with Gasteiger partial charge in [0.25, 0.3) is 11.1 Å². The van der Waals surface area contributed by atoms with Crippen LogP contribution in [0, 0.1) is 0 Å². The minimum Gasteiger partial charge on any atom is -0.335 e. The number of fused-ring (bicyclic) bond motifs is 3. The Kier molecular flexibility index (Phi) is 10.3. The Morgan fingerprint density at radius 1 is 0.702 bits per heavy atom. The quantitative estimate of drug-likeness (QED) is 0.153. The van der Waals surface area contributed by atoms with Gasteiger partial charge in [-0.2, -0.15) is 0 Å². The van der Waals surface area contributed by atoms with Gasteiger partial charge in [0.1, 0.15) is 0 Å². The molecule has 0 saturated carbocycles.